The number of aryl methyl sites for hydroxylation is 2. The Morgan fingerprint density at radius 1 is 1.23 bits per heavy atom. The number of benzene rings is 1. The Balaban J connectivity index is 2.15. The molecule has 0 bridgehead atoms. The fourth-order valence-corrected chi connectivity index (χ4v) is 2.77. The Morgan fingerprint density at radius 2 is 2.05 bits per heavy atom. The van der Waals surface area contributed by atoms with Crippen molar-refractivity contribution in [2.75, 3.05) is 11.9 Å². The summed E-state index contributed by atoms with van der Waals surface area (Å²) in [6.07, 6.45) is 4.36. The molecule has 0 aliphatic carbocycles. The lowest BCUT2D eigenvalue weighted by molar-refractivity contribution is 0.659. The van der Waals surface area contributed by atoms with Crippen molar-refractivity contribution in [1.29, 1.82) is 0 Å². The maximum Gasteiger partial charge on any atom is 0.170 e. The molecule has 0 spiro atoms. The van der Waals surface area contributed by atoms with E-state index < -0.39 is 0 Å². The van der Waals surface area contributed by atoms with Crippen LogP contribution in [0.3, 0.4) is 0 Å². The first-order valence-corrected chi connectivity index (χ1v) is 8.64. The number of nitrogens with zero attached hydrogens (tertiary/aromatic N) is 2. The molecule has 2 rings (SSSR count). The van der Waals surface area contributed by atoms with E-state index in [2.05, 4.69) is 54.2 Å². The molecule has 2 N–H and O–H groups in total. The lowest BCUT2D eigenvalue weighted by Crippen LogP contribution is -2.29. The topological polar surface area (TPSA) is 41.9 Å². The molecule has 0 aliphatic rings. The number of nitrogens with one attached hydrogen (secondary N) is 2. The summed E-state index contributed by atoms with van der Waals surface area (Å²) in [4.78, 5) is 4.75. The molecule has 1 heterocycles. The third-order valence-electron chi connectivity index (χ3n) is 3.66. The molecule has 0 unspecified atom stereocenters. The van der Waals surface area contributed by atoms with Crippen molar-refractivity contribution < 1.29 is 0 Å². The zero-order chi connectivity index (χ0) is 15.9. The van der Waals surface area contributed by atoms with Crippen molar-refractivity contribution in [2.45, 2.75) is 53.0 Å². The molecule has 120 valence electrons. The Bertz CT molecular complexity index is 633. The molecule has 22 heavy (non-hydrogen) atoms. The van der Waals surface area contributed by atoms with Crippen LogP contribution in [0, 0.1) is 0 Å². The van der Waals surface area contributed by atoms with E-state index in [0.29, 0.717) is 5.11 Å². The molecule has 4 nitrogen and oxygen atoms in total. The fraction of sp³-hybridized carbons (Fsp3) is 0.529. The Labute approximate surface area is 138 Å². The second-order valence-electron chi connectivity index (χ2n) is 5.47. The van der Waals surface area contributed by atoms with E-state index in [1.165, 1.54) is 5.52 Å². The number of rotatable bonds is 7. The Kier molecular flexibility index (Phi) is 6.19. The van der Waals surface area contributed by atoms with Crippen LogP contribution in [-0.4, -0.2) is 21.2 Å². The van der Waals surface area contributed by atoms with Crippen molar-refractivity contribution in [1.82, 2.24) is 14.9 Å². The van der Waals surface area contributed by atoms with Gasteiger partial charge in [-0.3, -0.25) is 0 Å². The van der Waals surface area contributed by atoms with Gasteiger partial charge in [0.1, 0.15) is 5.82 Å². The van der Waals surface area contributed by atoms with Gasteiger partial charge < -0.3 is 15.2 Å². The van der Waals surface area contributed by atoms with E-state index in [4.69, 9.17) is 17.2 Å². The van der Waals surface area contributed by atoms with Crippen LogP contribution in [0.15, 0.2) is 18.2 Å². The summed E-state index contributed by atoms with van der Waals surface area (Å²) in [6, 6.07) is 6.28. The van der Waals surface area contributed by atoms with Gasteiger partial charge in [-0.1, -0.05) is 27.2 Å². The van der Waals surface area contributed by atoms with Crippen LogP contribution in [0.2, 0.25) is 0 Å². The van der Waals surface area contributed by atoms with Crippen LogP contribution in [0.5, 0.6) is 0 Å². The molecule has 0 fully saturated rings. The zero-order valence-corrected chi connectivity index (χ0v) is 14.6. The van der Waals surface area contributed by atoms with Crippen LogP contribution in [-0.2, 0) is 13.0 Å². The number of imidazole rings is 1. The maximum atomic E-state index is 5.32. The minimum Gasteiger partial charge on any atom is -0.362 e. The quantitative estimate of drug-likeness (QED) is 0.596. The van der Waals surface area contributed by atoms with Gasteiger partial charge in [0.05, 0.1) is 11.0 Å². The summed E-state index contributed by atoms with van der Waals surface area (Å²) < 4.78 is 2.32. The number of anilines is 1. The van der Waals surface area contributed by atoms with Gasteiger partial charge in [-0.2, -0.15) is 0 Å². The average Bonchev–Trinajstić information content (AvgIpc) is 2.85. The molecule has 0 amide bonds. The van der Waals surface area contributed by atoms with Gasteiger partial charge in [-0.15, -0.1) is 0 Å². The number of unbranched alkanes of at least 4 members (excludes halogenated alkanes) is 1. The molecule has 2 aromatic rings. The first kappa shape index (κ1) is 16.7. The summed E-state index contributed by atoms with van der Waals surface area (Å²) >= 11 is 5.32. The summed E-state index contributed by atoms with van der Waals surface area (Å²) in [7, 11) is 0. The molecule has 0 radical (unpaired) electrons. The molecule has 1 aromatic heterocycles. The molecule has 5 heteroatoms. The van der Waals surface area contributed by atoms with Crippen molar-refractivity contribution in [2.24, 2.45) is 0 Å². The first-order chi connectivity index (χ1) is 10.7. The number of hydrogen-bond acceptors (Lipinski definition) is 2. The van der Waals surface area contributed by atoms with Crippen molar-refractivity contribution >= 4 is 34.1 Å². The third-order valence-corrected chi connectivity index (χ3v) is 3.91. The largest absolute Gasteiger partial charge is 0.362 e. The number of fused-ring (bicyclic) bond motifs is 1. The van der Waals surface area contributed by atoms with Gasteiger partial charge >= 0.3 is 0 Å². The normalized spacial score (nSPS) is 10.9. The Hall–Kier alpha value is -1.62. The lowest BCUT2D eigenvalue weighted by atomic mass is 10.2. The third kappa shape index (κ3) is 3.97. The maximum absolute atomic E-state index is 5.32. The molecule has 1 aromatic carbocycles. The molecule has 0 saturated heterocycles. The molecule has 0 aliphatic heterocycles. The van der Waals surface area contributed by atoms with E-state index in [1.54, 1.807) is 0 Å². The van der Waals surface area contributed by atoms with Crippen molar-refractivity contribution in [3.05, 3.63) is 24.0 Å². The Morgan fingerprint density at radius 3 is 2.73 bits per heavy atom. The summed E-state index contributed by atoms with van der Waals surface area (Å²) in [6.45, 7) is 8.45. The average molecular weight is 318 g/mol. The summed E-state index contributed by atoms with van der Waals surface area (Å²) in [5, 5.41) is 7.14. The van der Waals surface area contributed by atoms with Crippen LogP contribution in [0.4, 0.5) is 5.69 Å². The minimum atomic E-state index is 0.677. The van der Waals surface area contributed by atoms with Crippen LogP contribution in [0.1, 0.15) is 45.9 Å². The molecule has 0 atom stereocenters. The second kappa shape index (κ2) is 8.13. The van der Waals surface area contributed by atoms with Gasteiger partial charge in [-0.05, 0) is 43.3 Å². The highest BCUT2D eigenvalue weighted by Gasteiger charge is 2.09. The standard InChI is InChI=1S/C17H26N4S/c1-4-7-10-18-17(22)19-13-8-9-15-14(12-13)20-16(6-3)21(15)11-5-2/h8-9,12H,4-7,10-11H2,1-3H3,(H2,18,19,22). The van der Waals surface area contributed by atoms with Crippen LogP contribution in [0.25, 0.3) is 11.0 Å². The summed E-state index contributed by atoms with van der Waals surface area (Å²) in [5.74, 6) is 1.15. The van der Waals surface area contributed by atoms with Crippen LogP contribution < -0.4 is 10.6 Å². The minimum absolute atomic E-state index is 0.677. The van der Waals surface area contributed by atoms with E-state index in [9.17, 15) is 0 Å². The van der Waals surface area contributed by atoms with E-state index in [1.807, 2.05) is 0 Å². The highest BCUT2D eigenvalue weighted by atomic mass is 32.1. The monoisotopic (exact) mass is 318 g/mol. The fourth-order valence-electron chi connectivity index (χ4n) is 2.55. The lowest BCUT2D eigenvalue weighted by Gasteiger charge is -2.10. The number of thiocarbonyl (C=S) groups is 1. The van der Waals surface area contributed by atoms with E-state index >= 15 is 0 Å². The van der Waals surface area contributed by atoms with Gasteiger partial charge in [-0.25, -0.2) is 4.98 Å². The predicted octanol–water partition coefficient (Wildman–Crippen LogP) is 4.10. The number of hydrogen-bond donors (Lipinski definition) is 2. The van der Waals surface area contributed by atoms with Crippen LogP contribution >= 0.6 is 12.2 Å². The van der Waals surface area contributed by atoms with Gasteiger partial charge in [0.25, 0.3) is 0 Å². The molecule has 0 saturated carbocycles. The van der Waals surface area contributed by atoms with Crippen molar-refractivity contribution in [3.63, 3.8) is 0 Å². The zero-order valence-electron chi connectivity index (χ0n) is 13.8. The highest BCUT2D eigenvalue weighted by Crippen LogP contribution is 2.21. The van der Waals surface area contributed by atoms with Crippen molar-refractivity contribution in [3.8, 4) is 0 Å². The van der Waals surface area contributed by atoms with Gasteiger partial charge in [0.2, 0.25) is 0 Å². The summed E-state index contributed by atoms with van der Waals surface area (Å²) in [5.41, 5.74) is 3.23. The molecular formula is C17H26N4S. The smallest absolute Gasteiger partial charge is 0.170 e. The van der Waals surface area contributed by atoms with E-state index in [-0.39, 0.29) is 0 Å². The number of aromatic nitrogens is 2. The highest BCUT2D eigenvalue weighted by molar-refractivity contribution is 7.80. The predicted molar refractivity (Wildman–Crippen MR) is 98.5 cm³/mol. The van der Waals surface area contributed by atoms with Gasteiger partial charge in [0.15, 0.2) is 5.11 Å². The second-order valence-corrected chi connectivity index (χ2v) is 5.88. The molecular weight excluding hydrogens is 292 g/mol. The van der Waals surface area contributed by atoms with Gasteiger partial charge in [0, 0.05) is 25.2 Å². The SMILES string of the molecule is CCCCNC(=S)Nc1ccc2c(c1)nc(CC)n2CCC. The van der Waals surface area contributed by atoms with E-state index in [0.717, 1.165) is 55.8 Å². The first-order valence-electron chi connectivity index (χ1n) is 8.23.